The van der Waals surface area contributed by atoms with Crippen molar-refractivity contribution < 1.29 is 14.4 Å². The van der Waals surface area contributed by atoms with Crippen LogP contribution in [0, 0.1) is 0 Å². The van der Waals surface area contributed by atoms with Crippen molar-refractivity contribution in [2.45, 2.75) is 0 Å². The molecule has 0 radical (unpaired) electrons. The Morgan fingerprint density at radius 2 is 0.875 bits per heavy atom. The molecule has 3 N–H and O–H groups in total. The van der Waals surface area contributed by atoms with Crippen molar-refractivity contribution in [1.82, 2.24) is 30.9 Å². The first-order valence-corrected chi connectivity index (χ1v) is 8.86. The maximum absolute atomic E-state index is 12.0. The Bertz CT molecular complexity index is 508. The number of hydrogen-bond donors (Lipinski definition) is 6. The van der Waals surface area contributed by atoms with Crippen LogP contribution < -0.4 is 16.0 Å². The second-order valence-electron chi connectivity index (χ2n) is 4.24. The van der Waals surface area contributed by atoms with Crippen LogP contribution in [0.15, 0.2) is 0 Å². The van der Waals surface area contributed by atoms with Crippen molar-refractivity contribution in [3.05, 3.63) is 17.5 Å². The third-order valence-electron chi connectivity index (χ3n) is 2.44. The minimum atomic E-state index is -0.627. The van der Waals surface area contributed by atoms with Gasteiger partial charge in [0.05, 0.1) is 0 Å². The van der Waals surface area contributed by atoms with Crippen molar-refractivity contribution in [2.24, 2.45) is 0 Å². The van der Waals surface area contributed by atoms with E-state index in [0.29, 0.717) is 17.3 Å². The highest BCUT2D eigenvalue weighted by Gasteiger charge is 2.20. The lowest BCUT2D eigenvalue weighted by molar-refractivity contribution is 0.0932. The molecule has 132 valence electrons. The molecule has 0 aromatic carbocycles. The van der Waals surface area contributed by atoms with Crippen LogP contribution in [0.4, 0.5) is 0 Å². The summed E-state index contributed by atoms with van der Waals surface area (Å²) in [6.07, 6.45) is 0. The van der Waals surface area contributed by atoms with Gasteiger partial charge < -0.3 is 16.0 Å². The third-order valence-corrected chi connectivity index (χ3v) is 3.11. The van der Waals surface area contributed by atoms with E-state index in [-0.39, 0.29) is 37.1 Å². The van der Waals surface area contributed by atoms with Crippen LogP contribution in [-0.4, -0.2) is 69.6 Å². The Labute approximate surface area is 155 Å². The Hall–Kier alpha value is -1.53. The monoisotopic (exact) mass is 390 g/mol. The minimum absolute atomic E-state index is 0.288. The zero-order chi connectivity index (χ0) is 17.9. The SMILES string of the molecule is O=C(NCCS)c1nc(C(=O)NCCS)nc(C(=O)NCCS)n1. The molecule has 1 heterocycles. The summed E-state index contributed by atoms with van der Waals surface area (Å²) in [6, 6.07) is 0. The first-order valence-electron chi connectivity index (χ1n) is 6.96. The van der Waals surface area contributed by atoms with Gasteiger partial charge in [0.2, 0.25) is 17.5 Å². The second-order valence-corrected chi connectivity index (χ2v) is 5.59. The van der Waals surface area contributed by atoms with Crippen LogP contribution in [0.25, 0.3) is 0 Å². The van der Waals surface area contributed by atoms with Crippen molar-refractivity contribution in [3.63, 3.8) is 0 Å². The van der Waals surface area contributed by atoms with E-state index in [1.807, 2.05) is 0 Å². The first-order chi connectivity index (χ1) is 11.5. The van der Waals surface area contributed by atoms with Crippen LogP contribution in [0.1, 0.15) is 31.9 Å². The molecule has 9 nitrogen and oxygen atoms in total. The molecular weight excluding hydrogens is 372 g/mol. The molecule has 0 spiro atoms. The number of rotatable bonds is 9. The van der Waals surface area contributed by atoms with Crippen LogP contribution >= 0.6 is 37.9 Å². The lowest BCUT2D eigenvalue weighted by Crippen LogP contribution is -2.34. The molecule has 3 amide bonds. The molecule has 1 rings (SSSR count). The van der Waals surface area contributed by atoms with Gasteiger partial charge in [0.1, 0.15) is 0 Å². The second kappa shape index (κ2) is 11.1. The van der Waals surface area contributed by atoms with Crippen LogP contribution in [-0.2, 0) is 0 Å². The Balaban J connectivity index is 3.11. The molecule has 0 saturated carbocycles. The number of aromatic nitrogens is 3. The number of hydrogen-bond acceptors (Lipinski definition) is 9. The van der Waals surface area contributed by atoms with E-state index in [4.69, 9.17) is 0 Å². The molecule has 0 saturated heterocycles. The lowest BCUT2D eigenvalue weighted by atomic mass is 10.4. The highest BCUT2D eigenvalue weighted by Crippen LogP contribution is 1.99. The summed E-state index contributed by atoms with van der Waals surface area (Å²) < 4.78 is 0. The van der Waals surface area contributed by atoms with Crippen LogP contribution in [0.5, 0.6) is 0 Å². The summed E-state index contributed by atoms with van der Waals surface area (Å²) in [4.78, 5) is 47.4. The summed E-state index contributed by atoms with van der Waals surface area (Å²) in [6.45, 7) is 0.863. The fourth-order valence-corrected chi connectivity index (χ4v) is 1.76. The minimum Gasteiger partial charge on any atom is -0.348 e. The number of nitrogens with zero attached hydrogens (tertiary/aromatic N) is 3. The quantitative estimate of drug-likeness (QED) is 0.296. The van der Waals surface area contributed by atoms with E-state index in [1.54, 1.807) is 0 Å². The van der Waals surface area contributed by atoms with Gasteiger partial charge in [-0.05, 0) is 0 Å². The van der Waals surface area contributed by atoms with Gasteiger partial charge in [-0.3, -0.25) is 14.4 Å². The zero-order valence-corrected chi connectivity index (χ0v) is 15.3. The molecule has 24 heavy (non-hydrogen) atoms. The fourth-order valence-electron chi connectivity index (χ4n) is 1.43. The van der Waals surface area contributed by atoms with E-state index < -0.39 is 17.7 Å². The molecule has 0 unspecified atom stereocenters. The number of nitrogens with one attached hydrogen (secondary N) is 3. The summed E-state index contributed by atoms with van der Waals surface area (Å²) in [7, 11) is 0. The van der Waals surface area contributed by atoms with E-state index in [0.717, 1.165) is 0 Å². The molecule has 0 atom stereocenters. The van der Waals surface area contributed by atoms with Gasteiger partial charge in [-0.2, -0.15) is 52.8 Å². The lowest BCUT2D eigenvalue weighted by Gasteiger charge is -2.08. The van der Waals surface area contributed by atoms with Gasteiger partial charge in [-0.25, -0.2) is 0 Å². The molecule has 0 aliphatic carbocycles. The van der Waals surface area contributed by atoms with E-state index >= 15 is 0 Å². The average molecular weight is 391 g/mol. The Kier molecular flexibility index (Phi) is 9.49. The Morgan fingerprint density at radius 3 is 1.08 bits per heavy atom. The predicted octanol–water partition coefficient (Wildman–Crippen LogP) is -1.15. The molecule has 1 aromatic heterocycles. The molecule has 0 aliphatic rings. The largest absolute Gasteiger partial charge is 0.348 e. The third kappa shape index (κ3) is 6.53. The summed E-state index contributed by atoms with van der Waals surface area (Å²) in [5, 5.41) is 7.53. The van der Waals surface area contributed by atoms with Crippen LogP contribution in [0.2, 0.25) is 0 Å². The highest BCUT2D eigenvalue weighted by atomic mass is 32.1. The van der Waals surface area contributed by atoms with Gasteiger partial charge in [0.25, 0.3) is 17.7 Å². The van der Waals surface area contributed by atoms with Gasteiger partial charge >= 0.3 is 0 Å². The van der Waals surface area contributed by atoms with Crippen molar-refractivity contribution in [2.75, 3.05) is 36.9 Å². The van der Waals surface area contributed by atoms with Gasteiger partial charge in [-0.1, -0.05) is 0 Å². The molecule has 0 fully saturated rings. The number of amides is 3. The smallest absolute Gasteiger partial charge is 0.289 e. The zero-order valence-electron chi connectivity index (χ0n) is 12.7. The average Bonchev–Trinajstić information content (AvgIpc) is 2.61. The van der Waals surface area contributed by atoms with E-state index in [1.165, 1.54) is 0 Å². The fraction of sp³-hybridized carbons (Fsp3) is 0.500. The molecule has 0 aliphatic heterocycles. The highest BCUT2D eigenvalue weighted by molar-refractivity contribution is 7.80. The molecule has 0 bridgehead atoms. The summed E-state index contributed by atoms with van der Waals surface area (Å²) in [5.41, 5.74) is 0. The van der Waals surface area contributed by atoms with Crippen molar-refractivity contribution in [3.8, 4) is 0 Å². The molecule has 12 heteroatoms. The van der Waals surface area contributed by atoms with Gasteiger partial charge in [0.15, 0.2) is 0 Å². The van der Waals surface area contributed by atoms with E-state index in [2.05, 4.69) is 68.8 Å². The van der Waals surface area contributed by atoms with E-state index in [9.17, 15) is 14.4 Å². The molecule has 1 aromatic rings. The normalized spacial score (nSPS) is 10.1. The van der Waals surface area contributed by atoms with Crippen molar-refractivity contribution >= 4 is 55.6 Å². The Morgan fingerprint density at radius 1 is 0.625 bits per heavy atom. The summed E-state index contributed by atoms with van der Waals surface area (Å²) in [5.74, 6) is -1.59. The van der Waals surface area contributed by atoms with Gasteiger partial charge in [0, 0.05) is 36.9 Å². The first kappa shape index (κ1) is 20.5. The maximum atomic E-state index is 12.0. The van der Waals surface area contributed by atoms with Crippen LogP contribution in [0.3, 0.4) is 0 Å². The number of carbonyl (C=O) groups excluding carboxylic acids is 3. The number of thiol groups is 3. The maximum Gasteiger partial charge on any atom is 0.289 e. The number of carbonyl (C=O) groups is 3. The van der Waals surface area contributed by atoms with Crippen molar-refractivity contribution in [1.29, 1.82) is 0 Å². The predicted molar refractivity (Wildman–Crippen MR) is 98.4 cm³/mol. The topological polar surface area (TPSA) is 126 Å². The van der Waals surface area contributed by atoms with Gasteiger partial charge in [-0.15, -0.1) is 0 Å². The standard InChI is InChI=1S/C12H18N6O3S3/c19-10(13-1-4-22)7-16-8(11(20)14-2-5-23)18-9(17-7)12(21)15-3-6-24/h22-24H,1-6H2,(H,13,19)(H,14,20)(H,15,21). The summed E-state index contributed by atoms with van der Waals surface area (Å²) >= 11 is 11.9. The molecular formula is C12H18N6O3S3.